The molecule has 1 N–H and O–H groups in total. The number of halogens is 3. The minimum absolute atomic E-state index is 0.0442. The first-order valence-electron chi connectivity index (χ1n) is 13.0. The van der Waals surface area contributed by atoms with Crippen LogP contribution in [0.25, 0.3) is 22.2 Å². The summed E-state index contributed by atoms with van der Waals surface area (Å²) in [6, 6.07) is 16.0. The summed E-state index contributed by atoms with van der Waals surface area (Å²) in [4.78, 5) is 23.6. The van der Waals surface area contributed by atoms with Crippen LogP contribution >= 0.6 is 0 Å². The van der Waals surface area contributed by atoms with Crippen molar-refractivity contribution in [1.82, 2.24) is 14.9 Å². The number of pyridine rings is 1. The van der Waals surface area contributed by atoms with E-state index in [0.29, 0.717) is 11.5 Å². The van der Waals surface area contributed by atoms with Gasteiger partial charge in [-0.25, -0.2) is 4.98 Å². The second-order valence-electron chi connectivity index (χ2n) is 10.4. The number of nitrogens with one attached hydrogen (secondary N) is 1. The number of fused-ring (bicyclic) bond motifs is 3. The number of amides is 1. The Morgan fingerprint density at radius 3 is 2.53 bits per heavy atom. The monoisotopic (exact) mass is 519 g/mol. The first-order valence-corrected chi connectivity index (χ1v) is 13.0. The third kappa shape index (κ3) is 4.75. The molecule has 0 saturated carbocycles. The molecule has 2 aliphatic rings. The summed E-state index contributed by atoms with van der Waals surface area (Å²) >= 11 is 0. The summed E-state index contributed by atoms with van der Waals surface area (Å²) < 4.78 is 41.6. The van der Waals surface area contributed by atoms with Crippen LogP contribution in [0, 0.1) is 12.8 Å². The number of aromatic nitrogens is 2. The molecular weight excluding hydrogens is 491 g/mol. The molecule has 38 heavy (non-hydrogen) atoms. The molecule has 2 aromatic carbocycles. The van der Waals surface area contributed by atoms with Gasteiger partial charge in [-0.15, -0.1) is 13.2 Å². The van der Waals surface area contributed by atoms with Crippen LogP contribution < -0.4 is 4.74 Å². The lowest BCUT2D eigenvalue weighted by molar-refractivity contribution is -0.274. The Balaban J connectivity index is 1.18. The number of H-pyrrole nitrogens is 1. The normalized spacial score (nSPS) is 21.2. The molecule has 2 atom stereocenters. The lowest BCUT2D eigenvalue weighted by atomic mass is 9.85. The molecule has 6 rings (SSSR count). The Morgan fingerprint density at radius 1 is 1.08 bits per heavy atom. The van der Waals surface area contributed by atoms with Gasteiger partial charge in [-0.05, 0) is 97.5 Å². The highest BCUT2D eigenvalue weighted by Crippen LogP contribution is 2.41. The van der Waals surface area contributed by atoms with Gasteiger partial charge < -0.3 is 14.6 Å². The molecule has 2 fully saturated rings. The van der Waals surface area contributed by atoms with Crippen molar-refractivity contribution in [3.8, 4) is 16.9 Å². The number of nitrogens with zero attached hydrogens (tertiary/aromatic N) is 2. The SMILES string of the molecule is Cc1c(C(=O)N2[C@H]3CC[C@H]2CC(Cc2cnc4[nH]ccc4c2)C3)cccc1-c1ccc(OC(F)(F)F)cc1. The standard InChI is InChI=1S/C30H28F3N3O2/c1-18-26(21-5-9-25(10-6-21)38-30(31,32)33)3-2-4-27(18)29(37)36-23-7-8-24(36)16-19(15-23)13-20-14-22-11-12-34-28(22)35-17-20/h2-6,9-12,14,17,19,23-24H,7-8,13,15-16H2,1H3,(H,34,35)/t23-,24-/m0/s1. The summed E-state index contributed by atoms with van der Waals surface area (Å²) in [5.74, 6) is 0.289. The molecule has 2 bridgehead atoms. The van der Waals surface area contributed by atoms with Gasteiger partial charge in [0, 0.05) is 35.4 Å². The average Bonchev–Trinajstić information content (AvgIpc) is 3.45. The van der Waals surface area contributed by atoms with Crippen molar-refractivity contribution >= 4 is 16.9 Å². The average molecular weight is 520 g/mol. The van der Waals surface area contributed by atoms with Crippen LogP contribution in [0.15, 0.2) is 67.0 Å². The van der Waals surface area contributed by atoms with Gasteiger partial charge >= 0.3 is 6.36 Å². The van der Waals surface area contributed by atoms with Crippen LogP contribution in [0.4, 0.5) is 13.2 Å². The molecule has 2 saturated heterocycles. The zero-order valence-corrected chi connectivity index (χ0v) is 21.0. The quantitative estimate of drug-likeness (QED) is 0.307. The number of piperidine rings is 1. The van der Waals surface area contributed by atoms with E-state index in [1.54, 1.807) is 12.1 Å². The maximum Gasteiger partial charge on any atom is 0.573 e. The van der Waals surface area contributed by atoms with Gasteiger partial charge in [0.1, 0.15) is 11.4 Å². The van der Waals surface area contributed by atoms with Crippen LogP contribution in [-0.4, -0.2) is 39.2 Å². The van der Waals surface area contributed by atoms with Crippen molar-refractivity contribution in [1.29, 1.82) is 0 Å². The van der Waals surface area contributed by atoms with E-state index in [0.717, 1.165) is 59.8 Å². The molecule has 196 valence electrons. The highest BCUT2D eigenvalue weighted by molar-refractivity contribution is 5.98. The van der Waals surface area contributed by atoms with Crippen molar-refractivity contribution in [2.75, 3.05) is 0 Å². The number of benzene rings is 2. The number of ether oxygens (including phenoxy) is 1. The van der Waals surface area contributed by atoms with E-state index in [9.17, 15) is 18.0 Å². The number of carbonyl (C=O) groups is 1. The van der Waals surface area contributed by atoms with Crippen molar-refractivity contribution in [3.05, 3.63) is 83.7 Å². The molecule has 8 heteroatoms. The van der Waals surface area contributed by atoms with E-state index in [1.165, 1.54) is 17.7 Å². The van der Waals surface area contributed by atoms with Crippen molar-refractivity contribution in [2.45, 2.75) is 57.5 Å². The Kier molecular flexibility index (Phi) is 6.13. The van der Waals surface area contributed by atoms with Crippen molar-refractivity contribution in [2.24, 2.45) is 5.92 Å². The molecule has 1 amide bonds. The zero-order chi connectivity index (χ0) is 26.4. The first kappa shape index (κ1) is 24.5. The second kappa shape index (κ2) is 9.49. The van der Waals surface area contributed by atoms with Crippen LogP contribution in [0.2, 0.25) is 0 Å². The Hall–Kier alpha value is -3.81. The summed E-state index contributed by atoms with van der Waals surface area (Å²) in [6.07, 6.45) is 4.08. The number of rotatable bonds is 5. The summed E-state index contributed by atoms with van der Waals surface area (Å²) in [5.41, 5.74) is 5.17. The summed E-state index contributed by atoms with van der Waals surface area (Å²) in [6.45, 7) is 1.90. The van der Waals surface area contributed by atoms with Gasteiger partial charge in [0.15, 0.2) is 0 Å². The van der Waals surface area contributed by atoms with Crippen LogP contribution in [-0.2, 0) is 6.42 Å². The Bertz CT molecular complexity index is 1460. The maximum absolute atomic E-state index is 13.8. The van der Waals surface area contributed by atoms with Gasteiger partial charge in [0.25, 0.3) is 5.91 Å². The smallest absolute Gasteiger partial charge is 0.406 e. The van der Waals surface area contributed by atoms with E-state index < -0.39 is 6.36 Å². The fourth-order valence-corrected chi connectivity index (χ4v) is 6.37. The predicted octanol–water partition coefficient (Wildman–Crippen LogP) is 7.06. The summed E-state index contributed by atoms with van der Waals surface area (Å²) in [7, 11) is 0. The lowest BCUT2D eigenvalue weighted by Gasteiger charge is -2.39. The topological polar surface area (TPSA) is 58.2 Å². The number of alkyl halides is 3. The van der Waals surface area contributed by atoms with E-state index >= 15 is 0 Å². The lowest BCUT2D eigenvalue weighted by Crippen LogP contribution is -2.47. The second-order valence-corrected chi connectivity index (χ2v) is 10.4. The van der Waals surface area contributed by atoms with Crippen molar-refractivity contribution in [3.63, 3.8) is 0 Å². The Morgan fingerprint density at radius 2 is 1.82 bits per heavy atom. The molecule has 4 aromatic rings. The maximum atomic E-state index is 13.8. The first-order chi connectivity index (χ1) is 18.2. The molecule has 5 nitrogen and oxygen atoms in total. The number of hydrogen-bond donors (Lipinski definition) is 1. The minimum Gasteiger partial charge on any atom is -0.406 e. The summed E-state index contributed by atoms with van der Waals surface area (Å²) in [5, 5.41) is 1.12. The van der Waals surface area contributed by atoms with Gasteiger partial charge in [0.2, 0.25) is 0 Å². The van der Waals surface area contributed by atoms with Crippen molar-refractivity contribution < 1.29 is 22.7 Å². The molecule has 4 heterocycles. The van der Waals surface area contributed by atoms with E-state index in [1.807, 2.05) is 43.6 Å². The van der Waals surface area contributed by atoms with E-state index in [4.69, 9.17) is 0 Å². The van der Waals surface area contributed by atoms with E-state index in [2.05, 4.69) is 25.7 Å². The van der Waals surface area contributed by atoms with Gasteiger partial charge in [-0.3, -0.25) is 4.79 Å². The van der Waals surface area contributed by atoms with Crippen LogP contribution in [0.5, 0.6) is 5.75 Å². The third-order valence-electron chi connectivity index (χ3n) is 8.01. The fraction of sp³-hybridized carbons (Fsp3) is 0.333. The molecular formula is C30H28F3N3O2. The van der Waals surface area contributed by atoms with Crippen LogP contribution in [0.3, 0.4) is 0 Å². The molecule has 2 aromatic heterocycles. The molecule has 0 spiro atoms. The van der Waals surface area contributed by atoms with Crippen LogP contribution in [0.1, 0.15) is 47.2 Å². The Labute approximate surface area is 218 Å². The van der Waals surface area contributed by atoms with E-state index in [-0.39, 0.29) is 23.7 Å². The third-order valence-corrected chi connectivity index (χ3v) is 8.01. The largest absolute Gasteiger partial charge is 0.573 e. The number of hydrogen-bond acceptors (Lipinski definition) is 3. The van der Waals surface area contributed by atoms with Gasteiger partial charge in [0.05, 0.1) is 0 Å². The highest BCUT2D eigenvalue weighted by atomic mass is 19.4. The number of carbonyl (C=O) groups excluding carboxylic acids is 1. The fourth-order valence-electron chi connectivity index (χ4n) is 6.37. The molecule has 0 unspecified atom stereocenters. The molecule has 2 aliphatic heterocycles. The molecule has 0 aliphatic carbocycles. The zero-order valence-electron chi connectivity index (χ0n) is 21.0. The number of aromatic amines is 1. The molecule has 0 radical (unpaired) electrons. The van der Waals surface area contributed by atoms with Gasteiger partial charge in [-0.2, -0.15) is 0 Å². The predicted molar refractivity (Wildman–Crippen MR) is 139 cm³/mol. The van der Waals surface area contributed by atoms with Gasteiger partial charge in [-0.1, -0.05) is 24.3 Å². The highest BCUT2D eigenvalue weighted by Gasteiger charge is 2.43. The minimum atomic E-state index is -4.73.